The number of nitrogens with one attached hydrogen (secondary N) is 1. The number of aliphatic hydroxyl groups excluding tert-OH is 2. The Balaban J connectivity index is 1.41. The predicted molar refractivity (Wildman–Crippen MR) is 120 cm³/mol. The maximum absolute atomic E-state index is 14.5. The number of amides is 1. The first kappa shape index (κ1) is 23.6. The molecule has 0 spiro atoms. The highest BCUT2D eigenvalue weighted by Crippen LogP contribution is 2.33. The van der Waals surface area contributed by atoms with E-state index in [0.717, 1.165) is 18.9 Å². The van der Waals surface area contributed by atoms with Gasteiger partial charge >= 0.3 is 0 Å². The molecule has 3 N–H and O–H groups in total. The average Bonchev–Trinajstić information content (AvgIpc) is 3.58. The monoisotopic (exact) mass is 468 g/mol. The lowest BCUT2D eigenvalue weighted by molar-refractivity contribution is 0.0875. The summed E-state index contributed by atoms with van der Waals surface area (Å²) in [6, 6.07) is 11.7. The molecule has 1 aromatic heterocycles. The molecule has 9 heteroatoms. The van der Waals surface area contributed by atoms with Gasteiger partial charge < -0.3 is 24.8 Å². The molecule has 0 saturated heterocycles. The largest absolute Gasteiger partial charge is 0.483 e. The molecule has 1 aliphatic carbocycles. The van der Waals surface area contributed by atoms with Gasteiger partial charge in [0.25, 0.3) is 5.91 Å². The van der Waals surface area contributed by atoms with Crippen molar-refractivity contribution >= 4 is 11.7 Å². The van der Waals surface area contributed by atoms with Crippen LogP contribution in [0.3, 0.4) is 0 Å². The molecule has 1 heterocycles. The highest BCUT2D eigenvalue weighted by Gasteiger charge is 2.30. The van der Waals surface area contributed by atoms with Gasteiger partial charge in [-0.15, -0.1) is 0 Å². The summed E-state index contributed by atoms with van der Waals surface area (Å²) in [4.78, 5) is 24.3. The van der Waals surface area contributed by atoms with Crippen molar-refractivity contribution in [1.82, 2.24) is 10.5 Å². The molecule has 2 aromatic carbocycles. The van der Waals surface area contributed by atoms with Crippen LogP contribution in [0.4, 0.5) is 4.39 Å². The maximum atomic E-state index is 14.5. The minimum atomic E-state index is -0.874. The van der Waals surface area contributed by atoms with Crippen molar-refractivity contribution in [1.29, 1.82) is 0 Å². The fourth-order valence-corrected chi connectivity index (χ4v) is 3.43. The number of benzene rings is 2. The fourth-order valence-electron chi connectivity index (χ4n) is 3.43. The van der Waals surface area contributed by atoms with Crippen LogP contribution >= 0.6 is 0 Å². The van der Waals surface area contributed by atoms with Crippen molar-refractivity contribution in [3.8, 4) is 17.0 Å². The van der Waals surface area contributed by atoms with Crippen molar-refractivity contribution in [3.63, 3.8) is 0 Å². The molecule has 0 radical (unpaired) electrons. The lowest BCUT2D eigenvalue weighted by atomic mass is 10.1. The maximum Gasteiger partial charge on any atom is 0.254 e. The van der Waals surface area contributed by atoms with Crippen LogP contribution in [-0.4, -0.2) is 46.3 Å². The van der Waals surface area contributed by atoms with Crippen LogP contribution in [-0.2, 0) is 0 Å². The molecule has 3 aromatic rings. The van der Waals surface area contributed by atoms with Gasteiger partial charge in [-0.2, -0.15) is 0 Å². The fraction of sp³-hybridized carbons (Fsp3) is 0.320. The summed E-state index contributed by atoms with van der Waals surface area (Å²) in [7, 11) is 0. The first-order valence-electron chi connectivity index (χ1n) is 11.0. The van der Waals surface area contributed by atoms with Crippen molar-refractivity contribution in [2.75, 3.05) is 13.2 Å². The highest BCUT2D eigenvalue weighted by molar-refractivity contribution is 5.99. The number of hydrogen-bond donors (Lipinski definition) is 3. The number of carbonyl (C=O) groups is 2. The third-order valence-electron chi connectivity index (χ3n) is 5.61. The summed E-state index contributed by atoms with van der Waals surface area (Å²) >= 11 is 0. The molecule has 34 heavy (non-hydrogen) atoms. The van der Waals surface area contributed by atoms with E-state index in [1.165, 1.54) is 12.1 Å². The Morgan fingerprint density at radius 3 is 2.47 bits per heavy atom. The van der Waals surface area contributed by atoms with Gasteiger partial charge in [-0.1, -0.05) is 11.2 Å². The SMILES string of the molecule is CC(Oc1ccc(C(=O)C2CC2)cc1)c1cc(-c2ccc(C(=O)NC(CO)CO)c(F)c2)no1. The molecule has 1 saturated carbocycles. The normalized spacial score (nSPS) is 14.1. The van der Waals surface area contributed by atoms with E-state index in [4.69, 9.17) is 19.5 Å². The van der Waals surface area contributed by atoms with Gasteiger partial charge in [-0.3, -0.25) is 9.59 Å². The van der Waals surface area contributed by atoms with Gasteiger partial charge in [0.05, 0.1) is 24.8 Å². The molecule has 1 unspecified atom stereocenters. The minimum absolute atomic E-state index is 0.157. The summed E-state index contributed by atoms with van der Waals surface area (Å²) in [6.45, 7) is 0.847. The number of aliphatic hydroxyl groups is 2. The van der Waals surface area contributed by atoms with Crippen LogP contribution < -0.4 is 10.1 Å². The van der Waals surface area contributed by atoms with Crippen LogP contribution in [0.5, 0.6) is 5.75 Å². The van der Waals surface area contributed by atoms with Gasteiger partial charge in [-0.25, -0.2) is 4.39 Å². The number of ether oxygens (including phenoxy) is 1. The van der Waals surface area contributed by atoms with Crippen LogP contribution in [0.15, 0.2) is 53.1 Å². The number of hydrogen-bond acceptors (Lipinski definition) is 7. The Kier molecular flexibility index (Phi) is 7.04. The van der Waals surface area contributed by atoms with Crippen molar-refractivity contribution < 1.29 is 33.5 Å². The number of nitrogens with zero attached hydrogens (tertiary/aromatic N) is 1. The first-order valence-corrected chi connectivity index (χ1v) is 11.0. The molecule has 8 nitrogen and oxygen atoms in total. The minimum Gasteiger partial charge on any atom is -0.483 e. The molecule has 1 atom stereocenters. The Morgan fingerprint density at radius 2 is 1.85 bits per heavy atom. The van der Waals surface area contributed by atoms with Gasteiger partial charge in [0, 0.05) is 23.1 Å². The molecular formula is C25H25FN2O6. The topological polar surface area (TPSA) is 122 Å². The third kappa shape index (κ3) is 5.32. The van der Waals surface area contributed by atoms with Crippen molar-refractivity contribution in [2.45, 2.75) is 31.9 Å². The zero-order chi connectivity index (χ0) is 24.2. The second-order valence-corrected chi connectivity index (χ2v) is 8.27. The van der Waals surface area contributed by atoms with E-state index in [2.05, 4.69) is 10.5 Å². The van der Waals surface area contributed by atoms with Crippen LogP contribution in [0.2, 0.25) is 0 Å². The molecule has 0 bridgehead atoms. The van der Waals surface area contributed by atoms with E-state index >= 15 is 0 Å². The lowest BCUT2D eigenvalue weighted by Crippen LogP contribution is -2.40. The van der Waals surface area contributed by atoms with E-state index in [1.807, 2.05) is 0 Å². The first-order chi connectivity index (χ1) is 16.4. The van der Waals surface area contributed by atoms with Crippen LogP contribution in [0, 0.1) is 11.7 Å². The smallest absolute Gasteiger partial charge is 0.254 e. The molecule has 0 aliphatic heterocycles. The highest BCUT2D eigenvalue weighted by atomic mass is 19.1. The Morgan fingerprint density at radius 1 is 1.15 bits per heavy atom. The number of ketones is 1. The summed E-state index contributed by atoms with van der Waals surface area (Å²) in [6.07, 6.45) is 1.42. The number of Topliss-reactive ketones (excluding diaryl/α,β-unsaturated/α-hetero) is 1. The predicted octanol–water partition coefficient (Wildman–Crippen LogP) is 3.30. The summed E-state index contributed by atoms with van der Waals surface area (Å²) in [5.41, 5.74) is 1.22. The van der Waals surface area contributed by atoms with Crippen LogP contribution in [0.1, 0.15) is 52.3 Å². The molecule has 1 fully saturated rings. The summed E-state index contributed by atoms with van der Waals surface area (Å²) in [5.74, 6) is -0.210. The summed E-state index contributed by atoms with van der Waals surface area (Å²) < 4.78 is 25.8. The lowest BCUT2D eigenvalue weighted by Gasteiger charge is -2.13. The Labute approximate surface area is 195 Å². The zero-order valence-electron chi connectivity index (χ0n) is 18.5. The van der Waals surface area contributed by atoms with Gasteiger partial charge in [0.15, 0.2) is 17.6 Å². The van der Waals surface area contributed by atoms with Gasteiger partial charge in [0.1, 0.15) is 17.3 Å². The van der Waals surface area contributed by atoms with Gasteiger partial charge in [-0.05, 0) is 56.2 Å². The third-order valence-corrected chi connectivity index (χ3v) is 5.61. The number of aromatic nitrogens is 1. The molecule has 178 valence electrons. The van der Waals surface area contributed by atoms with Crippen LogP contribution in [0.25, 0.3) is 11.3 Å². The van der Waals surface area contributed by atoms with Gasteiger partial charge in [0.2, 0.25) is 0 Å². The number of carbonyl (C=O) groups excluding carboxylic acids is 2. The number of rotatable bonds is 10. The van der Waals surface area contributed by atoms with Crippen molar-refractivity contribution in [2.24, 2.45) is 5.92 Å². The Bertz CT molecular complexity index is 1170. The number of halogens is 1. The van der Waals surface area contributed by atoms with E-state index in [1.54, 1.807) is 37.3 Å². The molecular weight excluding hydrogens is 443 g/mol. The Hall–Kier alpha value is -3.56. The standard InChI is InChI=1S/C25H25FN2O6/c1-14(33-19-7-4-16(5-8-19)24(31)15-2-3-15)23-11-22(28-34-23)17-6-9-20(21(26)10-17)25(32)27-18(12-29)13-30/h4-11,14-15,18,29-30H,2-3,12-13H2,1H3,(H,27,32). The quantitative estimate of drug-likeness (QED) is 0.390. The molecule has 4 rings (SSSR count). The second kappa shape index (κ2) is 10.1. The molecule has 1 aliphatic rings. The zero-order valence-corrected chi connectivity index (χ0v) is 18.5. The molecule has 1 amide bonds. The van der Waals surface area contributed by atoms with E-state index < -0.39 is 37.1 Å². The van der Waals surface area contributed by atoms with E-state index in [0.29, 0.717) is 28.3 Å². The average molecular weight is 468 g/mol. The van der Waals surface area contributed by atoms with E-state index in [-0.39, 0.29) is 17.3 Å². The van der Waals surface area contributed by atoms with E-state index in [9.17, 15) is 14.0 Å². The van der Waals surface area contributed by atoms with Crippen molar-refractivity contribution in [3.05, 3.63) is 71.2 Å². The summed E-state index contributed by atoms with van der Waals surface area (Å²) in [5, 5.41) is 24.5. The second-order valence-electron chi connectivity index (χ2n) is 8.27.